The van der Waals surface area contributed by atoms with E-state index in [9.17, 15) is 4.79 Å². The van der Waals surface area contributed by atoms with Crippen LogP contribution in [0.1, 0.15) is 18.6 Å². The maximum atomic E-state index is 11.6. The van der Waals surface area contributed by atoms with Crippen molar-refractivity contribution in [2.24, 2.45) is 5.92 Å². The van der Waals surface area contributed by atoms with Crippen LogP contribution in [0.3, 0.4) is 0 Å². The molecule has 0 aliphatic carbocycles. The quantitative estimate of drug-likeness (QED) is 0.785. The van der Waals surface area contributed by atoms with E-state index in [-0.39, 0.29) is 18.1 Å². The summed E-state index contributed by atoms with van der Waals surface area (Å²) in [6, 6.07) is 5.36. The lowest BCUT2D eigenvalue weighted by Gasteiger charge is -2.25. The fraction of sp³-hybridized carbons (Fsp3) is 0.533. The molecule has 5 nitrogen and oxygen atoms in total. The maximum Gasteiger partial charge on any atom is 0.314 e. The first-order valence-electron chi connectivity index (χ1n) is 7.40. The molecule has 7 heteroatoms. The highest BCUT2D eigenvalue weighted by molar-refractivity contribution is 6.42. The summed E-state index contributed by atoms with van der Waals surface area (Å²) >= 11 is 12.1. The van der Waals surface area contributed by atoms with Gasteiger partial charge in [0.1, 0.15) is 0 Å². The summed E-state index contributed by atoms with van der Waals surface area (Å²) in [5.41, 5.74) is 0.973. The van der Waals surface area contributed by atoms with Crippen LogP contribution in [0.25, 0.3) is 0 Å². The summed E-state index contributed by atoms with van der Waals surface area (Å²) in [7, 11) is 0. The number of carbonyl (C=O) groups is 1. The van der Waals surface area contributed by atoms with Crippen molar-refractivity contribution in [2.45, 2.75) is 13.0 Å². The van der Waals surface area contributed by atoms with Crippen LogP contribution in [0.15, 0.2) is 18.2 Å². The van der Waals surface area contributed by atoms with Gasteiger partial charge in [-0.05, 0) is 24.6 Å². The van der Waals surface area contributed by atoms with Gasteiger partial charge in [-0.2, -0.15) is 0 Å². The van der Waals surface area contributed by atoms with Crippen LogP contribution >= 0.6 is 23.2 Å². The highest BCUT2D eigenvalue weighted by atomic mass is 35.5. The number of carbonyl (C=O) groups excluding carboxylic acids is 1. The Labute approximate surface area is 140 Å². The molecule has 0 spiro atoms. The summed E-state index contributed by atoms with van der Waals surface area (Å²) in [6.45, 7) is 5.16. The van der Waals surface area contributed by atoms with Gasteiger partial charge in [-0.1, -0.05) is 29.3 Å². The Bertz CT molecular complexity index is 514. The molecule has 1 saturated heterocycles. The molecule has 0 radical (unpaired) electrons. The van der Waals surface area contributed by atoms with Gasteiger partial charge in [0, 0.05) is 32.1 Å². The molecule has 1 heterocycles. The summed E-state index contributed by atoms with van der Waals surface area (Å²) in [5, 5.41) is 9.95. The zero-order valence-electron chi connectivity index (χ0n) is 12.5. The van der Waals surface area contributed by atoms with E-state index >= 15 is 0 Å². The van der Waals surface area contributed by atoms with Crippen molar-refractivity contribution in [3.05, 3.63) is 33.8 Å². The predicted octanol–water partition coefficient (Wildman–Crippen LogP) is 2.59. The molecule has 2 rings (SSSR count). The molecule has 3 N–H and O–H groups in total. The predicted molar refractivity (Wildman–Crippen MR) is 88.6 cm³/mol. The van der Waals surface area contributed by atoms with Crippen molar-refractivity contribution in [3.8, 4) is 0 Å². The van der Waals surface area contributed by atoms with Crippen molar-refractivity contribution in [3.63, 3.8) is 0 Å². The molecule has 0 saturated carbocycles. The lowest BCUT2D eigenvalue weighted by Crippen LogP contribution is -2.41. The van der Waals surface area contributed by atoms with E-state index in [1.54, 1.807) is 6.07 Å². The SMILES string of the molecule is CCNC(=O)NCC1CNCCO[C@H]1c1ccc(Cl)c(Cl)c1. The minimum Gasteiger partial charge on any atom is -0.372 e. The van der Waals surface area contributed by atoms with Crippen molar-refractivity contribution in [1.29, 1.82) is 0 Å². The largest absolute Gasteiger partial charge is 0.372 e. The normalized spacial score (nSPS) is 22.0. The van der Waals surface area contributed by atoms with E-state index in [2.05, 4.69) is 16.0 Å². The third-order valence-electron chi connectivity index (χ3n) is 3.55. The monoisotopic (exact) mass is 345 g/mol. The van der Waals surface area contributed by atoms with Gasteiger partial charge >= 0.3 is 6.03 Å². The number of benzene rings is 1. The lowest BCUT2D eigenvalue weighted by atomic mass is 9.95. The average Bonchev–Trinajstić information content (AvgIpc) is 2.74. The maximum absolute atomic E-state index is 11.6. The number of nitrogens with one attached hydrogen (secondary N) is 3. The van der Waals surface area contributed by atoms with E-state index < -0.39 is 0 Å². The first-order valence-corrected chi connectivity index (χ1v) is 8.16. The zero-order valence-corrected chi connectivity index (χ0v) is 14.0. The molecule has 22 heavy (non-hydrogen) atoms. The van der Waals surface area contributed by atoms with Crippen LogP contribution in [0.4, 0.5) is 4.79 Å². The van der Waals surface area contributed by atoms with E-state index in [4.69, 9.17) is 27.9 Å². The summed E-state index contributed by atoms with van der Waals surface area (Å²) in [6.07, 6.45) is -0.133. The molecule has 122 valence electrons. The molecular formula is C15H21Cl2N3O2. The molecule has 1 unspecified atom stereocenters. The smallest absolute Gasteiger partial charge is 0.314 e. The van der Waals surface area contributed by atoms with Gasteiger partial charge in [-0.15, -0.1) is 0 Å². The standard InChI is InChI=1S/C15H21Cl2N3O2/c1-2-19-15(21)20-9-11-8-18-5-6-22-14(11)10-3-4-12(16)13(17)7-10/h3-4,7,11,14,18H,2,5-6,8-9H2,1H3,(H2,19,20,21)/t11?,14-/m0/s1. The van der Waals surface area contributed by atoms with Crippen LogP contribution in [0.5, 0.6) is 0 Å². The van der Waals surface area contributed by atoms with Crippen molar-refractivity contribution < 1.29 is 9.53 Å². The Balaban J connectivity index is 2.09. The van der Waals surface area contributed by atoms with Crippen molar-refractivity contribution >= 4 is 29.2 Å². The first-order chi connectivity index (χ1) is 10.6. The number of halogens is 2. The summed E-state index contributed by atoms with van der Waals surface area (Å²) in [4.78, 5) is 11.6. The highest BCUT2D eigenvalue weighted by Crippen LogP contribution is 2.31. The number of hydrogen-bond acceptors (Lipinski definition) is 3. The fourth-order valence-electron chi connectivity index (χ4n) is 2.47. The highest BCUT2D eigenvalue weighted by Gasteiger charge is 2.27. The van der Waals surface area contributed by atoms with Gasteiger partial charge in [0.25, 0.3) is 0 Å². The Morgan fingerprint density at radius 1 is 1.36 bits per heavy atom. The van der Waals surface area contributed by atoms with Gasteiger partial charge in [-0.25, -0.2) is 4.79 Å². The van der Waals surface area contributed by atoms with Crippen molar-refractivity contribution in [2.75, 3.05) is 32.8 Å². The van der Waals surface area contributed by atoms with Gasteiger partial charge < -0.3 is 20.7 Å². The summed E-state index contributed by atoms with van der Waals surface area (Å²) < 4.78 is 5.95. The van der Waals surface area contributed by atoms with Crippen LogP contribution in [0, 0.1) is 5.92 Å². The van der Waals surface area contributed by atoms with E-state index in [0.29, 0.717) is 29.7 Å². The van der Waals surface area contributed by atoms with Crippen LogP contribution in [0.2, 0.25) is 10.0 Å². The molecule has 2 amide bonds. The molecule has 0 bridgehead atoms. The molecule has 1 aliphatic heterocycles. The van der Waals surface area contributed by atoms with Crippen molar-refractivity contribution in [1.82, 2.24) is 16.0 Å². The second-order valence-electron chi connectivity index (χ2n) is 5.17. The van der Waals surface area contributed by atoms with Crippen LogP contribution in [-0.4, -0.2) is 38.8 Å². The Kier molecular flexibility index (Phi) is 6.76. The number of hydrogen-bond donors (Lipinski definition) is 3. The minimum atomic E-state index is -0.167. The van der Waals surface area contributed by atoms with E-state index in [1.807, 2.05) is 19.1 Å². The third-order valence-corrected chi connectivity index (χ3v) is 4.28. The zero-order chi connectivity index (χ0) is 15.9. The molecule has 2 atom stereocenters. The molecule has 1 aromatic carbocycles. The topological polar surface area (TPSA) is 62.4 Å². The van der Waals surface area contributed by atoms with Gasteiger partial charge in [0.2, 0.25) is 0 Å². The fourth-order valence-corrected chi connectivity index (χ4v) is 2.78. The number of urea groups is 1. The van der Waals surface area contributed by atoms with Gasteiger partial charge in [-0.3, -0.25) is 0 Å². The second kappa shape index (κ2) is 8.58. The molecule has 1 aliphatic rings. The van der Waals surface area contributed by atoms with Gasteiger partial charge in [0.15, 0.2) is 0 Å². The third kappa shape index (κ3) is 4.74. The molecular weight excluding hydrogens is 325 g/mol. The lowest BCUT2D eigenvalue weighted by molar-refractivity contribution is 0.0315. The Morgan fingerprint density at radius 2 is 2.18 bits per heavy atom. The number of ether oxygens (including phenoxy) is 1. The minimum absolute atomic E-state index is 0.113. The Hall–Kier alpha value is -1.01. The number of amides is 2. The number of rotatable bonds is 4. The second-order valence-corrected chi connectivity index (χ2v) is 5.98. The van der Waals surface area contributed by atoms with E-state index in [0.717, 1.165) is 18.7 Å². The molecule has 1 aromatic rings. The van der Waals surface area contributed by atoms with E-state index in [1.165, 1.54) is 0 Å². The average molecular weight is 346 g/mol. The van der Waals surface area contributed by atoms with Crippen LogP contribution < -0.4 is 16.0 Å². The summed E-state index contributed by atoms with van der Waals surface area (Å²) in [5.74, 6) is 0.113. The molecule has 0 aromatic heterocycles. The van der Waals surface area contributed by atoms with Gasteiger partial charge in [0.05, 0.1) is 22.8 Å². The molecule has 1 fully saturated rings. The first kappa shape index (κ1) is 17.3. The Morgan fingerprint density at radius 3 is 2.91 bits per heavy atom. The van der Waals surface area contributed by atoms with Crippen LogP contribution in [-0.2, 0) is 4.74 Å².